The molecule has 0 aliphatic carbocycles. The smallest absolute Gasteiger partial charge is 0.371 e. The molecule has 1 aromatic carbocycles. The predicted octanol–water partition coefficient (Wildman–Crippen LogP) is 3.21. The van der Waals surface area contributed by atoms with Crippen molar-refractivity contribution in [2.24, 2.45) is 0 Å². The highest BCUT2D eigenvalue weighted by Crippen LogP contribution is 2.19. The van der Waals surface area contributed by atoms with Crippen LogP contribution in [0.25, 0.3) is 0 Å². The molecular formula is C12H9ClO4. The average molecular weight is 253 g/mol. The van der Waals surface area contributed by atoms with Gasteiger partial charge in [0, 0.05) is 5.02 Å². The molecule has 0 atom stereocenters. The summed E-state index contributed by atoms with van der Waals surface area (Å²) in [5.74, 6) is -0.151. The van der Waals surface area contributed by atoms with Crippen LogP contribution >= 0.6 is 11.6 Å². The number of halogens is 1. The quantitative estimate of drug-likeness (QED) is 0.908. The van der Waals surface area contributed by atoms with Gasteiger partial charge in [-0.2, -0.15) is 0 Å². The third-order valence-electron chi connectivity index (χ3n) is 2.05. The summed E-state index contributed by atoms with van der Waals surface area (Å²) in [5.41, 5.74) is 0. The first kappa shape index (κ1) is 11.5. The highest BCUT2D eigenvalue weighted by atomic mass is 35.5. The third kappa shape index (κ3) is 3.01. The van der Waals surface area contributed by atoms with Crippen LogP contribution in [-0.4, -0.2) is 11.1 Å². The van der Waals surface area contributed by atoms with E-state index in [2.05, 4.69) is 0 Å². The van der Waals surface area contributed by atoms with E-state index in [9.17, 15) is 4.79 Å². The van der Waals surface area contributed by atoms with Gasteiger partial charge in [0.1, 0.15) is 18.1 Å². The molecule has 88 valence electrons. The largest absolute Gasteiger partial charge is 0.486 e. The molecule has 5 heteroatoms. The Kier molecular flexibility index (Phi) is 3.35. The molecule has 0 fully saturated rings. The van der Waals surface area contributed by atoms with Crippen molar-refractivity contribution in [3.8, 4) is 5.75 Å². The monoisotopic (exact) mass is 252 g/mol. The predicted molar refractivity (Wildman–Crippen MR) is 61.5 cm³/mol. The standard InChI is InChI=1S/C12H9ClO4/c13-8-2-1-3-9(6-8)16-7-10-4-5-11(17-10)12(14)15/h1-6H,7H2,(H,14,15). The Morgan fingerprint density at radius 3 is 2.82 bits per heavy atom. The summed E-state index contributed by atoms with van der Waals surface area (Å²) in [6.07, 6.45) is 0. The second-order valence-electron chi connectivity index (χ2n) is 3.32. The van der Waals surface area contributed by atoms with Crippen molar-refractivity contribution in [3.63, 3.8) is 0 Å². The molecule has 0 aliphatic heterocycles. The Balaban J connectivity index is 2.00. The van der Waals surface area contributed by atoms with E-state index in [-0.39, 0.29) is 12.4 Å². The third-order valence-corrected chi connectivity index (χ3v) is 2.28. The minimum absolute atomic E-state index is 0.102. The van der Waals surface area contributed by atoms with Gasteiger partial charge in [-0.25, -0.2) is 4.79 Å². The van der Waals surface area contributed by atoms with E-state index in [1.165, 1.54) is 6.07 Å². The molecule has 17 heavy (non-hydrogen) atoms. The number of hydrogen-bond donors (Lipinski definition) is 1. The number of carbonyl (C=O) groups is 1. The Morgan fingerprint density at radius 1 is 1.35 bits per heavy atom. The van der Waals surface area contributed by atoms with Crippen LogP contribution < -0.4 is 4.74 Å². The summed E-state index contributed by atoms with van der Waals surface area (Å²) in [6.45, 7) is 0.160. The summed E-state index contributed by atoms with van der Waals surface area (Å²) in [6, 6.07) is 9.88. The van der Waals surface area contributed by atoms with Gasteiger partial charge in [-0.3, -0.25) is 0 Å². The molecule has 0 bridgehead atoms. The highest BCUT2D eigenvalue weighted by molar-refractivity contribution is 6.30. The number of carboxylic acid groups (broad SMARTS) is 1. The van der Waals surface area contributed by atoms with Crippen molar-refractivity contribution in [3.05, 3.63) is 52.9 Å². The minimum atomic E-state index is -1.10. The molecule has 0 saturated heterocycles. The molecule has 2 aromatic rings. The first-order chi connectivity index (χ1) is 8.15. The summed E-state index contributed by atoms with van der Waals surface area (Å²) < 4.78 is 10.4. The number of ether oxygens (including phenoxy) is 1. The molecular weight excluding hydrogens is 244 g/mol. The Morgan fingerprint density at radius 2 is 2.18 bits per heavy atom. The fourth-order valence-electron chi connectivity index (χ4n) is 1.28. The number of benzene rings is 1. The van der Waals surface area contributed by atoms with Crippen molar-refractivity contribution >= 4 is 17.6 Å². The van der Waals surface area contributed by atoms with Crippen LogP contribution in [0.15, 0.2) is 40.8 Å². The van der Waals surface area contributed by atoms with Crippen LogP contribution in [0.1, 0.15) is 16.3 Å². The number of rotatable bonds is 4. The summed E-state index contributed by atoms with van der Waals surface area (Å²) in [7, 11) is 0. The van der Waals surface area contributed by atoms with Gasteiger partial charge in [-0.15, -0.1) is 0 Å². The maximum atomic E-state index is 10.6. The fourth-order valence-corrected chi connectivity index (χ4v) is 1.46. The van der Waals surface area contributed by atoms with Crippen LogP contribution in [0.5, 0.6) is 5.75 Å². The molecule has 1 heterocycles. The SMILES string of the molecule is O=C(O)c1ccc(COc2cccc(Cl)c2)o1. The number of aromatic carboxylic acids is 1. The Bertz CT molecular complexity index is 533. The van der Waals surface area contributed by atoms with Gasteiger partial charge in [0.15, 0.2) is 0 Å². The summed E-state index contributed by atoms with van der Waals surface area (Å²) in [4.78, 5) is 10.6. The zero-order valence-electron chi connectivity index (χ0n) is 8.72. The second-order valence-corrected chi connectivity index (χ2v) is 3.75. The van der Waals surface area contributed by atoms with E-state index < -0.39 is 5.97 Å². The van der Waals surface area contributed by atoms with Crippen LogP contribution in [-0.2, 0) is 6.61 Å². The van der Waals surface area contributed by atoms with Crippen molar-refractivity contribution in [2.45, 2.75) is 6.61 Å². The van der Waals surface area contributed by atoms with Crippen LogP contribution in [0.2, 0.25) is 5.02 Å². The maximum absolute atomic E-state index is 10.6. The Hall–Kier alpha value is -1.94. The van der Waals surface area contributed by atoms with Gasteiger partial charge >= 0.3 is 5.97 Å². The molecule has 0 amide bonds. The van der Waals surface area contributed by atoms with E-state index in [0.29, 0.717) is 16.5 Å². The van der Waals surface area contributed by atoms with Gasteiger partial charge in [0.05, 0.1) is 0 Å². The van der Waals surface area contributed by atoms with Gasteiger partial charge in [0.25, 0.3) is 0 Å². The molecule has 0 aliphatic rings. The average Bonchev–Trinajstić information content (AvgIpc) is 2.75. The Labute approximate surface area is 102 Å². The van der Waals surface area contributed by atoms with Crippen molar-refractivity contribution in [1.82, 2.24) is 0 Å². The molecule has 0 spiro atoms. The zero-order valence-corrected chi connectivity index (χ0v) is 9.48. The van der Waals surface area contributed by atoms with Crippen molar-refractivity contribution in [2.75, 3.05) is 0 Å². The first-order valence-corrected chi connectivity index (χ1v) is 5.23. The lowest BCUT2D eigenvalue weighted by atomic mass is 10.3. The molecule has 4 nitrogen and oxygen atoms in total. The highest BCUT2D eigenvalue weighted by Gasteiger charge is 2.09. The molecule has 0 unspecified atom stereocenters. The van der Waals surface area contributed by atoms with E-state index in [1.807, 2.05) is 0 Å². The fraction of sp³-hybridized carbons (Fsp3) is 0.0833. The lowest BCUT2D eigenvalue weighted by molar-refractivity contribution is 0.0658. The van der Waals surface area contributed by atoms with Crippen molar-refractivity contribution < 1.29 is 19.1 Å². The van der Waals surface area contributed by atoms with E-state index in [4.69, 9.17) is 25.9 Å². The molecule has 0 radical (unpaired) electrons. The normalized spacial score (nSPS) is 10.2. The second kappa shape index (κ2) is 4.93. The van der Waals surface area contributed by atoms with Crippen LogP contribution in [0.3, 0.4) is 0 Å². The summed E-state index contributed by atoms with van der Waals surface area (Å²) in [5, 5.41) is 9.24. The lowest BCUT2D eigenvalue weighted by Crippen LogP contribution is -1.95. The minimum Gasteiger partial charge on any atom is -0.486 e. The molecule has 1 N–H and O–H groups in total. The topological polar surface area (TPSA) is 59.7 Å². The zero-order chi connectivity index (χ0) is 12.3. The lowest BCUT2D eigenvalue weighted by Gasteiger charge is -2.03. The number of furan rings is 1. The van der Waals surface area contributed by atoms with Gasteiger partial charge in [0.2, 0.25) is 5.76 Å². The number of carboxylic acids is 1. The van der Waals surface area contributed by atoms with Crippen molar-refractivity contribution in [1.29, 1.82) is 0 Å². The molecule has 0 saturated carbocycles. The first-order valence-electron chi connectivity index (χ1n) is 4.85. The molecule has 1 aromatic heterocycles. The van der Waals surface area contributed by atoms with Crippen LogP contribution in [0.4, 0.5) is 0 Å². The maximum Gasteiger partial charge on any atom is 0.371 e. The van der Waals surface area contributed by atoms with E-state index in [0.717, 1.165) is 0 Å². The van der Waals surface area contributed by atoms with Gasteiger partial charge < -0.3 is 14.3 Å². The summed E-state index contributed by atoms with van der Waals surface area (Å²) >= 11 is 5.79. The molecule has 2 rings (SSSR count). The number of hydrogen-bond acceptors (Lipinski definition) is 3. The van der Waals surface area contributed by atoms with Gasteiger partial charge in [-0.05, 0) is 30.3 Å². The van der Waals surface area contributed by atoms with E-state index in [1.54, 1.807) is 30.3 Å². The van der Waals surface area contributed by atoms with Crippen LogP contribution in [0, 0.1) is 0 Å². The van der Waals surface area contributed by atoms with E-state index >= 15 is 0 Å². The van der Waals surface area contributed by atoms with Gasteiger partial charge in [-0.1, -0.05) is 17.7 Å².